The number of hydrogen-bond donors (Lipinski definition) is 1. The van der Waals surface area contributed by atoms with Crippen molar-refractivity contribution in [1.29, 1.82) is 5.26 Å². The van der Waals surface area contributed by atoms with Gasteiger partial charge in [0.25, 0.3) is 0 Å². The molecule has 0 aliphatic heterocycles. The summed E-state index contributed by atoms with van der Waals surface area (Å²) in [6.07, 6.45) is 0.549. The number of nitriles is 1. The van der Waals surface area contributed by atoms with E-state index in [1.807, 2.05) is 6.07 Å². The van der Waals surface area contributed by atoms with Crippen molar-refractivity contribution in [3.05, 3.63) is 28.8 Å². The van der Waals surface area contributed by atoms with Crippen LogP contribution in [0.4, 0.5) is 5.69 Å². The zero-order valence-electron chi connectivity index (χ0n) is 10.1. The van der Waals surface area contributed by atoms with Crippen LogP contribution in [-0.2, 0) is 9.84 Å². The summed E-state index contributed by atoms with van der Waals surface area (Å²) in [5.74, 6) is 0.357. The fourth-order valence-electron chi connectivity index (χ4n) is 1.38. The summed E-state index contributed by atoms with van der Waals surface area (Å²) in [6, 6.07) is 7.02. The van der Waals surface area contributed by atoms with Crippen LogP contribution in [0, 0.1) is 11.3 Å². The van der Waals surface area contributed by atoms with Crippen molar-refractivity contribution in [3.8, 4) is 6.07 Å². The van der Waals surface area contributed by atoms with Gasteiger partial charge >= 0.3 is 0 Å². The lowest BCUT2D eigenvalue weighted by molar-refractivity contribution is 0.595. The van der Waals surface area contributed by atoms with Crippen molar-refractivity contribution in [2.45, 2.75) is 13.3 Å². The predicted octanol–water partition coefficient (Wildman–Crippen LogP) is 2.45. The summed E-state index contributed by atoms with van der Waals surface area (Å²) in [6.45, 7) is 2.20. The highest BCUT2D eigenvalue weighted by Crippen LogP contribution is 2.20. The molecule has 0 aliphatic carbocycles. The third-order valence-electron chi connectivity index (χ3n) is 2.49. The molecule has 0 spiro atoms. The molecule has 0 atom stereocenters. The van der Waals surface area contributed by atoms with Crippen LogP contribution < -0.4 is 5.32 Å². The molecule has 6 heteroatoms. The lowest BCUT2D eigenvalue weighted by Crippen LogP contribution is -2.12. The van der Waals surface area contributed by atoms with Crippen molar-refractivity contribution in [2.24, 2.45) is 0 Å². The van der Waals surface area contributed by atoms with Gasteiger partial charge in [-0.05, 0) is 24.6 Å². The summed E-state index contributed by atoms with van der Waals surface area (Å²) in [7, 11) is -2.90. The summed E-state index contributed by atoms with van der Waals surface area (Å²) in [5, 5.41) is 12.2. The monoisotopic (exact) mass is 286 g/mol. The second-order valence-electron chi connectivity index (χ2n) is 3.82. The van der Waals surface area contributed by atoms with E-state index in [0.717, 1.165) is 5.69 Å². The zero-order valence-corrected chi connectivity index (χ0v) is 11.7. The SMILES string of the molecule is CCS(=O)(=O)CCCNc1ccc(C#N)c(Cl)c1. The first-order valence-corrected chi connectivity index (χ1v) is 7.82. The molecule has 0 saturated carbocycles. The van der Waals surface area contributed by atoms with Crippen LogP contribution >= 0.6 is 11.6 Å². The minimum Gasteiger partial charge on any atom is -0.385 e. The quantitative estimate of drug-likeness (QED) is 0.816. The molecule has 18 heavy (non-hydrogen) atoms. The number of nitrogens with zero attached hydrogens (tertiary/aromatic N) is 1. The molecule has 0 radical (unpaired) electrons. The Hall–Kier alpha value is -1.25. The molecule has 1 aromatic carbocycles. The molecule has 1 rings (SSSR count). The largest absolute Gasteiger partial charge is 0.385 e. The Bertz CT molecular complexity index is 550. The van der Waals surface area contributed by atoms with Gasteiger partial charge < -0.3 is 5.32 Å². The molecule has 0 amide bonds. The predicted molar refractivity (Wildman–Crippen MR) is 73.6 cm³/mol. The van der Waals surface area contributed by atoms with E-state index in [1.54, 1.807) is 25.1 Å². The Labute approximate surface area is 112 Å². The number of hydrogen-bond acceptors (Lipinski definition) is 4. The van der Waals surface area contributed by atoms with Crippen molar-refractivity contribution < 1.29 is 8.42 Å². The van der Waals surface area contributed by atoms with Crippen LogP contribution in [0.3, 0.4) is 0 Å². The molecule has 1 aromatic rings. The van der Waals surface area contributed by atoms with E-state index >= 15 is 0 Å². The fourth-order valence-corrected chi connectivity index (χ4v) is 2.48. The number of halogens is 1. The van der Waals surface area contributed by atoms with Crippen molar-refractivity contribution in [2.75, 3.05) is 23.4 Å². The van der Waals surface area contributed by atoms with Gasteiger partial charge in [-0.3, -0.25) is 0 Å². The van der Waals surface area contributed by atoms with Gasteiger partial charge in [0.15, 0.2) is 0 Å². The Kier molecular flexibility index (Phi) is 5.45. The van der Waals surface area contributed by atoms with E-state index in [-0.39, 0.29) is 11.5 Å². The lowest BCUT2D eigenvalue weighted by atomic mass is 10.2. The topological polar surface area (TPSA) is 70.0 Å². The molecular formula is C12H15ClN2O2S. The van der Waals surface area contributed by atoms with Gasteiger partial charge in [-0.1, -0.05) is 18.5 Å². The first-order valence-electron chi connectivity index (χ1n) is 5.62. The first-order chi connectivity index (χ1) is 8.48. The van der Waals surface area contributed by atoms with Crippen molar-refractivity contribution in [3.63, 3.8) is 0 Å². The maximum absolute atomic E-state index is 11.3. The summed E-state index contributed by atoms with van der Waals surface area (Å²) >= 11 is 5.88. The van der Waals surface area contributed by atoms with E-state index in [1.165, 1.54) is 0 Å². The van der Waals surface area contributed by atoms with Crippen molar-refractivity contribution in [1.82, 2.24) is 0 Å². The summed E-state index contributed by atoms with van der Waals surface area (Å²) < 4.78 is 22.5. The Morgan fingerprint density at radius 1 is 1.44 bits per heavy atom. The maximum atomic E-state index is 11.3. The highest BCUT2D eigenvalue weighted by atomic mass is 35.5. The molecule has 98 valence electrons. The number of nitrogens with one attached hydrogen (secondary N) is 1. The Balaban J connectivity index is 2.46. The maximum Gasteiger partial charge on any atom is 0.150 e. The molecule has 0 saturated heterocycles. The molecular weight excluding hydrogens is 272 g/mol. The molecule has 0 unspecified atom stereocenters. The summed E-state index contributed by atoms with van der Waals surface area (Å²) in [4.78, 5) is 0. The molecule has 1 N–H and O–H groups in total. The van der Waals surface area contributed by atoms with Gasteiger partial charge in [-0.2, -0.15) is 5.26 Å². The van der Waals surface area contributed by atoms with Gasteiger partial charge in [-0.15, -0.1) is 0 Å². The first kappa shape index (κ1) is 14.8. The van der Waals surface area contributed by atoms with E-state index in [0.29, 0.717) is 23.6 Å². The fraction of sp³-hybridized carbons (Fsp3) is 0.417. The molecule has 0 heterocycles. The second kappa shape index (κ2) is 6.62. The molecule has 4 nitrogen and oxygen atoms in total. The van der Waals surface area contributed by atoms with E-state index in [4.69, 9.17) is 16.9 Å². The Morgan fingerprint density at radius 2 is 2.17 bits per heavy atom. The van der Waals surface area contributed by atoms with Gasteiger partial charge in [0, 0.05) is 18.0 Å². The normalized spacial score (nSPS) is 10.9. The van der Waals surface area contributed by atoms with Crippen LogP contribution in [0.5, 0.6) is 0 Å². The standard InChI is InChI=1S/C12H15ClN2O2S/c1-2-18(16,17)7-3-6-15-11-5-4-10(9-14)12(13)8-11/h4-5,8,15H,2-3,6-7H2,1H3. The zero-order chi connectivity index (χ0) is 13.6. The average Bonchev–Trinajstić information content (AvgIpc) is 2.35. The van der Waals surface area contributed by atoms with E-state index < -0.39 is 9.84 Å². The van der Waals surface area contributed by atoms with Crippen LogP contribution in [0.25, 0.3) is 0 Å². The molecule has 0 bridgehead atoms. The second-order valence-corrected chi connectivity index (χ2v) is 6.70. The van der Waals surface area contributed by atoms with Crippen LogP contribution in [0.2, 0.25) is 5.02 Å². The number of benzene rings is 1. The van der Waals surface area contributed by atoms with Crippen LogP contribution in [0.1, 0.15) is 18.9 Å². The van der Waals surface area contributed by atoms with Crippen LogP contribution in [0.15, 0.2) is 18.2 Å². The highest BCUT2D eigenvalue weighted by molar-refractivity contribution is 7.91. The van der Waals surface area contributed by atoms with Gasteiger partial charge in [0.2, 0.25) is 0 Å². The number of sulfone groups is 1. The van der Waals surface area contributed by atoms with Crippen molar-refractivity contribution >= 4 is 27.1 Å². The lowest BCUT2D eigenvalue weighted by Gasteiger charge is -2.07. The van der Waals surface area contributed by atoms with Gasteiger partial charge in [-0.25, -0.2) is 8.42 Å². The third-order valence-corrected chi connectivity index (χ3v) is 4.59. The van der Waals surface area contributed by atoms with E-state index in [2.05, 4.69) is 5.32 Å². The highest BCUT2D eigenvalue weighted by Gasteiger charge is 2.06. The Morgan fingerprint density at radius 3 is 2.72 bits per heavy atom. The number of rotatable bonds is 6. The molecule has 0 fully saturated rings. The molecule has 0 aromatic heterocycles. The summed E-state index contributed by atoms with van der Waals surface area (Å²) in [5.41, 5.74) is 1.21. The minimum atomic E-state index is -2.90. The van der Waals surface area contributed by atoms with Gasteiger partial charge in [0.05, 0.1) is 16.3 Å². The number of anilines is 1. The third kappa shape index (κ3) is 4.55. The smallest absolute Gasteiger partial charge is 0.150 e. The van der Waals surface area contributed by atoms with E-state index in [9.17, 15) is 8.42 Å². The average molecular weight is 287 g/mol. The molecule has 0 aliphatic rings. The minimum absolute atomic E-state index is 0.176. The van der Waals surface area contributed by atoms with Gasteiger partial charge in [0.1, 0.15) is 15.9 Å². The van der Waals surface area contributed by atoms with Crippen LogP contribution in [-0.4, -0.2) is 26.5 Å².